The number of halogens is 3. The third-order valence-corrected chi connectivity index (χ3v) is 3.24. The van der Waals surface area contributed by atoms with E-state index in [2.05, 4.69) is 15.5 Å². The molecule has 19 heavy (non-hydrogen) atoms. The van der Waals surface area contributed by atoms with E-state index in [-0.39, 0.29) is 5.92 Å². The number of nitrogens with one attached hydrogen (secondary N) is 1. The minimum atomic E-state index is -4.55. The van der Waals surface area contributed by atoms with Gasteiger partial charge in [0.1, 0.15) is 5.56 Å². The van der Waals surface area contributed by atoms with Crippen LogP contribution < -0.4 is 5.32 Å². The summed E-state index contributed by atoms with van der Waals surface area (Å²) in [5, 5.41) is 9.02. The fourth-order valence-corrected chi connectivity index (χ4v) is 2.24. The van der Waals surface area contributed by atoms with Gasteiger partial charge in [0.25, 0.3) is 0 Å². The average molecular weight is 273 g/mol. The van der Waals surface area contributed by atoms with Crippen LogP contribution in [0.1, 0.15) is 37.7 Å². The molecule has 0 radical (unpaired) electrons. The van der Waals surface area contributed by atoms with Gasteiger partial charge in [-0.2, -0.15) is 18.3 Å². The number of carbonyl (C=O) groups excluding carboxylic acids is 1. The van der Waals surface area contributed by atoms with Gasteiger partial charge in [-0.1, -0.05) is 19.3 Å². The molecule has 1 aromatic rings. The zero-order valence-corrected chi connectivity index (χ0v) is 10.2. The zero-order chi connectivity index (χ0) is 13.9. The van der Waals surface area contributed by atoms with Crippen LogP contribution in [0.5, 0.6) is 0 Å². The molecule has 104 valence electrons. The number of hydrogen-bond donors (Lipinski definition) is 1. The molecule has 0 aromatic carbocycles. The summed E-state index contributed by atoms with van der Waals surface area (Å²) in [6.45, 7) is 0. The maximum absolute atomic E-state index is 12.7. The highest BCUT2D eigenvalue weighted by Crippen LogP contribution is 2.33. The Hall–Kier alpha value is -1.66. The quantitative estimate of drug-likeness (QED) is 0.901. The Bertz CT molecular complexity index is 456. The number of carbonyl (C=O) groups is 1. The van der Waals surface area contributed by atoms with Gasteiger partial charge in [0, 0.05) is 5.92 Å². The molecule has 0 atom stereocenters. The van der Waals surface area contributed by atoms with Gasteiger partial charge in [0.2, 0.25) is 5.91 Å². The molecule has 1 amide bonds. The highest BCUT2D eigenvalue weighted by Gasteiger charge is 2.35. The van der Waals surface area contributed by atoms with Gasteiger partial charge in [0.15, 0.2) is 5.82 Å². The third-order valence-electron chi connectivity index (χ3n) is 3.24. The molecule has 0 bridgehead atoms. The van der Waals surface area contributed by atoms with Crippen molar-refractivity contribution in [2.24, 2.45) is 5.92 Å². The van der Waals surface area contributed by atoms with Crippen LogP contribution in [0.15, 0.2) is 12.3 Å². The predicted molar refractivity (Wildman–Crippen MR) is 62.2 cm³/mol. The number of nitrogens with zero attached hydrogens (tertiary/aromatic N) is 2. The third kappa shape index (κ3) is 3.42. The van der Waals surface area contributed by atoms with Crippen molar-refractivity contribution in [1.82, 2.24) is 10.2 Å². The van der Waals surface area contributed by atoms with Crippen molar-refractivity contribution in [3.63, 3.8) is 0 Å². The Kier molecular flexibility index (Phi) is 4.01. The van der Waals surface area contributed by atoms with Gasteiger partial charge in [-0.15, -0.1) is 5.10 Å². The van der Waals surface area contributed by atoms with Gasteiger partial charge >= 0.3 is 6.18 Å². The largest absolute Gasteiger partial charge is 0.420 e. The number of amides is 1. The summed E-state index contributed by atoms with van der Waals surface area (Å²) in [5.74, 6) is -1.13. The lowest BCUT2D eigenvalue weighted by Gasteiger charge is -2.21. The van der Waals surface area contributed by atoms with E-state index < -0.39 is 23.5 Å². The van der Waals surface area contributed by atoms with Crippen LogP contribution in [-0.4, -0.2) is 16.1 Å². The first-order chi connectivity index (χ1) is 8.98. The van der Waals surface area contributed by atoms with E-state index >= 15 is 0 Å². The molecule has 0 unspecified atom stereocenters. The molecule has 1 aromatic heterocycles. The van der Waals surface area contributed by atoms with E-state index in [0.29, 0.717) is 12.8 Å². The zero-order valence-electron chi connectivity index (χ0n) is 10.2. The average Bonchev–Trinajstić information content (AvgIpc) is 2.39. The number of aromatic nitrogens is 2. The van der Waals surface area contributed by atoms with E-state index in [1.807, 2.05) is 0 Å². The SMILES string of the molecule is O=C(Nc1nnccc1C(F)(F)F)C1CCCCC1. The van der Waals surface area contributed by atoms with E-state index in [0.717, 1.165) is 31.5 Å². The second kappa shape index (κ2) is 5.54. The van der Waals surface area contributed by atoms with Gasteiger partial charge in [-0.3, -0.25) is 4.79 Å². The molecule has 1 aliphatic carbocycles. The van der Waals surface area contributed by atoms with Crippen molar-refractivity contribution in [3.8, 4) is 0 Å². The van der Waals surface area contributed by atoms with Crippen molar-refractivity contribution in [2.75, 3.05) is 5.32 Å². The van der Waals surface area contributed by atoms with Crippen LogP contribution in [0.25, 0.3) is 0 Å². The smallest absolute Gasteiger partial charge is 0.308 e. The summed E-state index contributed by atoms with van der Waals surface area (Å²) < 4.78 is 38.2. The monoisotopic (exact) mass is 273 g/mol. The van der Waals surface area contributed by atoms with Gasteiger partial charge < -0.3 is 5.32 Å². The fraction of sp³-hybridized carbons (Fsp3) is 0.583. The lowest BCUT2D eigenvalue weighted by atomic mass is 9.88. The molecule has 1 aliphatic rings. The van der Waals surface area contributed by atoms with E-state index in [1.165, 1.54) is 0 Å². The molecule has 1 saturated carbocycles. The normalized spacial score (nSPS) is 17.2. The molecular weight excluding hydrogens is 259 g/mol. The van der Waals surface area contributed by atoms with Crippen LogP contribution in [0.3, 0.4) is 0 Å². The molecular formula is C12H14F3N3O. The number of alkyl halides is 3. The predicted octanol–water partition coefficient (Wildman–Crippen LogP) is 3.01. The van der Waals surface area contributed by atoms with E-state index in [9.17, 15) is 18.0 Å². The molecule has 0 saturated heterocycles. The Morgan fingerprint density at radius 2 is 1.95 bits per heavy atom. The molecule has 0 aliphatic heterocycles. The standard InChI is InChI=1S/C12H14F3N3O/c13-12(14,15)9-6-7-16-18-10(9)17-11(19)8-4-2-1-3-5-8/h6-8H,1-5H2,(H,17,18,19). The van der Waals surface area contributed by atoms with Crippen LogP contribution in [0, 0.1) is 5.92 Å². The Balaban J connectivity index is 2.12. The van der Waals surface area contributed by atoms with E-state index in [4.69, 9.17) is 0 Å². The van der Waals surface area contributed by atoms with Gasteiger partial charge in [0.05, 0.1) is 6.20 Å². The van der Waals surface area contributed by atoms with E-state index in [1.54, 1.807) is 0 Å². The highest BCUT2D eigenvalue weighted by molar-refractivity contribution is 5.92. The second-order valence-electron chi connectivity index (χ2n) is 4.62. The Morgan fingerprint density at radius 1 is 1.26 bits per heavy atom. The molecule has 1 N–H and O–H groups in total. The van der Waals surface area contributed by atoms with Crippen molar-refractivity contribution in [2.45, 2.75) is 38.3 Å². The van der Waals surface area contributed by atoms with Gasteiger partial charge in [-0.25, -0.2) is 0 Å². The minimum absolute atomic E-state index is 0.225. The Labute approximate surface area is 108 Å². The highest BCUT2D eigenvalue weighted by atomic mass is 19.4. The first kappa shape index (κ1) is 13.8. The summed E-state index contributed by atoms with van der Waals surface area (Å²) in [7, 11) is 0. The summed E-state index contributed by atoms with van der Waals surface area (Å²) in [6, 6.07) is 0.809. The first-order valence-electron chi connectivity index (χ1n) is 6.18. The van der Waals surface area contributed by atoms with Crippen molar-refractivity contribution >= 4 is 11.7 Å². The van der Waals surface area contributed by atoms with Gasteiger partial charge in [-0.05, 0) is 18.9 Å². The summed E-state index contributed by atoms with van der Waals surface area (Å²) in [5.41, 5.74) is -0.966. The Morgan fingerprint density at radius 3 is 2.58 bits per heavy atom. The number of rotatable bonds is 2. The number of hydrogen-bond acceptors (Lipinski definition) is 3. The van der Waals surface area contributed by atoms with Crippen LogP contribution in [-0.2, 0) is 11.0 Å². The second-order valence-corrected chi connectivity index (χ2v) is 4.62. The first-order valence-corrected chi connectivity index (χ1v) is 6.18. The minimum Gasteiger partial charge on any atom is -0.308 e. The fourth-order valence-electron chi connectivity index (χ4n) is 2.24. The lowest BCUT2D eigenvalue weighted by Crippen LogP contribution is -2.26. The summed E-state index contributed by atoms with van der Waals surface area (Å²) in [6.07, 6.45) is 0.781. The van der Waals surface area contributed by atoms with Crippen molar-refractivity contribution in [1.29, 1.82) is 0 Å². The van der Waals surface area contributed by atoms with Crippen LogP contribution in [0.2, 0.25) is 0 Å². The summed E-state index contributed by atoms with van der Waals surface area (Å²) in [4.78, 5) is 11.9. The maximum atomic E-state index is 12.7. The molecule has 2 rings (SSSR count). The van der Waals surface area contributed by atoms with Crippen LogP contribution in [0.4, 0.5) is 19.0 Å². The molecule has 7 heteroatoms. The summed E-state index contributed by atoms with van der Waals surface area (Å²) >= 11 is 0. The molecule has 1 fully saturated rings. The molecule has 0 spiro atoms. The molecule has 4 nitrogen and oxygen atoms in total. The van der Waals surface area contributed by atoms with Crippen LogP contribution >= 0.6 is 0 Å². The lowest BCUT2D eigenvalue weighted by molar-refractivity contribution is -0.137. The topological polar surface area (TPSA) is 54.9 Å². The van der Waals surface area contributed by atoms with Crippen molar-refractivity contribution < 1.29 is 18.0 Å². The molecule has 1 heterocycles. The maximum Gasteiger partial charge on any atom is 0.420 e. The number of anilines is 1. The van der Waals surface area contributed by atoms with Crippen molar-refractivity contribution in [3.05, 3.63) is 17.8 Å².